The highest BCUT2D eigenvalue weighted by Gasteiger charge is 2.24. The zero-order valence-corrected chi connectivity index (χ0v) is 12.9. The van der Waals surface area contributed by atoms with Crippen LogP contribution in [0, 0.1) is 0 Å². The second kappa shape index (κ2) is 6.02. The average molecular weight is 300 g/mol. The van der Waals surface area contributed by atoms with Crippen molar-refractivity contribution in [2.45, 2.75) is 19.8 Å². The summed E-state index contributed by atoms with van der Waals surface area (Å²) in [6.45, 7) is 6.90. The lowest BCUT2D eigenvalue weighted by atomic mass is 9.95. The Bertz CT molecular complexity index is 721. The van der Waals surface area contributed by atoms with E-state index in [0.717, 1.165) is 5.56 Å². The van der Waals surface area contributed by atoms with Crippen molar-refractivity contribution in [2.24, 2.45) is 0 Å². The monoisotopic (exact) mass is 300 g/mol. The molecule has 116 valence electrons. The highest BCUT2D eigenvalue weighted by Crippen LogP contribution is 2.26. The topological polar surface area (TPSA) is 58.6 Å². The Morgan fingerprint density at radius 1 is 1.05 bits per heavy atom. The van der Waals surface area contributed by atoms with Crippen LogP contribution in [0.15, 0.2) is 33.9 Å². The number of anilines is 1. The molecule has 5 nitrogen and oxygen atoms in total. The van der Waals surface area contributed by atoms with Crippen molar-refractivity contribution in [3.05, 3.63) is 50.3 Å². The van der Waals surface area contributed by atoms with Crippen LogP contribution in [0.1, 0.15) is 25.3 Å². The van der Waals surface area contributed by atoms with E-state index in [0.29, 0.717) is 43.5 Å². The number of morpholine rings is 1. The molecule has 1 aliphatic rings. The molecular formula is C17H20N2O3. The summed E-state index contributed by atoms with van der Waals surface area (Å²) in [5.41, 5.74) is 5.15. The summed E-state index contributed by atoms with van der Waals surface area (Å²) in [6, 6.07) is 7.84. The summed E-state index contributed by atoms with van der Waals surface area (Å²) in [5, 5.41) is 1.92. The molecule has 22 heavy (non-hydrogen) atoms. The Kier molecular flexibility index (Phi) is 4.09. The van der Waals surface area contributed by atoms with Crippen LogP contribution in [0.25, 0.3) is 11.1 Å². The molecule has 1 N–H and O–H groups in total. The number of benzene rings is 1. The van der Waals surface area contributed by atoms with Crippen LogP contribution < -0.4 is 16.3 Å². The number of rotatable bonds is 4. The maximum Gasteiger partial charge on any atom is 0.251 e. The van der Waals surface area contributed by atoms with Gasteiger partial charge < -0.3 is 10.2 Å². The summed E-state index contributed by atoms with van der Waals surface area (Å²) in [5.74, 6) is 0.438. The van der Waals surface area contributed by atoms with Gasteiger partial charge in [0.25, 0.3) is 5.43 Å². The van der Waals surface area contributed by atoms with Crippen molar-refractivity contribution in [1.29, 1.82) is 0 Å². The van der Waals surface area contributed by atoms with E-state index in [2.05, 4.69) is 19.3 Å². The van der Waals surface area contributed by atoms with Crippen LogP contribution in [0.2, 0.25) is 0 Å². The minimum Gasteiger partial charge on any atom is -0.379 e. The third-order valence-electron chi connectivity index (χ3n) is 4.06. The predicted octanol–water partition coefficient (Wildman–Crippen LogP) is 1.73. The Morgan fingerprint density at radius 2 is 1.68 bits per heavy atom. The fourth-order valence-corrected chi connectivity index (χ4v) is 2.64. The quantitative estimate of drug-likeness (QED) is 0.872. The van der Waals surface area contributed by atoms with Crippen LogP contribution in [0.4, 0.5) is 5.69 Å². The van der Waals surface area contributed by atoms with E-state index < -0.39 is 10.9 Å². The molecular weight excluding hydrogens is 280 g/mol. The number of nitrogens with one attached hydrogen (secondary N) is 1. The van der Waals surface area contributed by atoms with E-state index in [9.17, 15) is 9.59 Å². The summed E-state index contributed by atoms with van der Waals surface area (Å²) >= 11 is 0. The zero-order valence-electron chi connectivity index (χ0n) is 12.9. The summed E-state index contributed by atoms with van der Waals surface area (Å²) in [7, 11) is 0. The molecule has 0 unspecified atom stereocenters. The number of ether oxygens (including phenoxy) is 1. The van der Waals surface area contributed by atoms with Crippen LogP contribution in [-0.2, 0) is 4.74 Å². The molecule has 1 saturated heterocycles. The molecule has 2 aromatic carbocycles. The van der Waals surface area contributed by atoms with Gasteiger partial charge in [-0.3, -0.25) is 9.59 Å². The molecule has 0 bridgehead atoms. The molecule has 0 atom stereocenters. The van der Waals surface area contributed by atoms with Gasteiger partial charge in [0.2, 0.25) is 5.43 Å². The van der Waals surface area contributed by atoms with Gasteiger partial charge in [0.1, 0.15) is 5.69 Å². The molecule has 1 heterocycles. The van der Waals surface area contributed by atoms with Gasteiger partial charge in [-0.25, -0.2) is 5.01 Å². The summed E-state index contributed by atoms with van der Waals surface area (Å²) in [6.07, 6.45) is 0. The van der Waals surface area contributed by atoms with Crippen molar-refractivity contribution in [2.75, 3.05) is 31.7 Å². The maximum absolute atomic E-state index is 11.9. The number of hydrazine groups is 1. The first-order chi connectivity index (χ1) is 10.6. The molecule has 2 aromatic rings. The minimum atomic E-state index is -0.436. The van der Waals surface area contributed by atoms with Gasteiger partial charge in [0.15, 0.2) is 0 Å². The number of hydrogen-bond acceptors (Lipinski definition) is 5. The SMILES string of the molecule is CC(C)c1ccc(-c2c(NN3CCOCC3)c(=O)c2=O)cc1. The highest BCUT2D eigenvalue weighted by molar-refractivity contribution is 5.81. The molecule has 0 radical (unpaired) electrons. The molecule has 3 rings (SSSR count). The van der Waals surface area contributed by atoms with E-state index in [1.165, 1.54) is 5.56 Å². The average Bonchev–Trinajstić information content (AvgIpc) is 2.55. The van der Waals surface area contributed by atoms with Crippen molar-refractivity contribution >= 4 is 5.69 Å². The lowest BCUT2D eigenvalue weighted by molar-refractivity contribution is 0.0496. The zero-order chi connectivity index (χ0) is 15.7. The van der Waals surface area contributed by atoms with Crippen LogP contribution >= 0.6 is 0 Å². The van der Waals surface area contributed by atoms with Crippen molar-refractivity contribution in [3.63, 3.8) is 0 Å². The Labute approximate surface area is 129 Å². The largest absolute Gasteiger partial charge is 0.379 e. The molecule has 0 amide bonds. The Balaban J connectivity index is 1.86. The van der Waals surface area contributed by atoms with E-state index in [1.54, 1.807) is 0 Å². The summed E-state index contributed by atoms with van der Waals surface area (Å²) < 4.78 is 5.28. The smallest absolute Gasteiger partial charge is 0.251 e. The van der Waals surface area contributed by atoms with Gasteiger partial charge in [0.05, 0.1) is 18.8 Å². The molecule has 0 aromatic heterocycles. The van der Waals surface area contributed by atoms with E-state index in [-0.39, 0.29) is 0 Å². The fraction of sp³-hybridized carbons (Fsp3) is 0.412. The summed E-state index contributed by atoms with van der Waals surface area (Å²) in [4.78, 5) is 23.8. The van der Waals surface area contributed by atoms with E-state index in [1.807, 2.05) is 29.3 Å². The third-order valence-corrected chi connectivity index (χ3v) is 4.06. The van der Waals surface area contributed by atoms with Gasteiger partial charge in [-0.05, 0) is 17.0 Å². The first-order valence-electron chi connectivity index (χ1n) is 7.61. The number of hydrogen-bond donors (Lipinski definition) is 1. The van der Waals surface area contributed by atoms with Crippen molar-refractivity contribution in [3.8, 4) is 11.1 Å². The van der Waals surface area contributed by atoms with Gasteiger partial charge >= 0.3 is 0 Å². The molecule has 1 fully saturated rings. The van der Waals surface area contributed by atoms with Gasteiger partial charge in [-0.2, -0.15) is 0 Å². The van der Waals surface area contributed by atoms with E-state index in [4.69, 9.17) is 4.74 Å². The highest BCUT2D eigenvalue weighted by atomic mass is 16.5. The van der Waals surface area contributed by atoms with Crippen LogP contribution in [0.3, 0.4) is 0 Å². The lowest BCUT2D eigenvalue weighted by Crippen LogP contribution is -2.45. The van der Waals surface area contributed by atoms with Crippen molar-refractivity contribution in [1.82, 2.24) is 5.01 Å². The van der Waals surface area contributed by atoms with Crippen LogP contribution in [0.5, 0.6) is 0 Å². The Hall–Kier alpha value is -1.98. The molecule has 0 aliphatic carbocycles. The normalized spacial score (nSPS) is 16.3. The van der Waals surface area contributed by atoms with Gasteiger partial charge in [0, 0.05) is 13.1 Å². The molecule has 0 saturated carbocycles. The third kappa shape index (κ3) is 2.69. The first-order valence-corrected chi connectivity index (χ1v) is 7.61. The second-order valence-corrected chi connectivity index (χ2v) is 5.90. The lowest BCUT2D eigenvalue weighted by Gasteiger charge is -2.29. The minimum absolute atomic E-state index is 0.407. The molecule has 1 aliphatic heterocycles. The first kappa shape index (κ1) is 14.9. The number of nitrogens with zero attached hydrogens (tertiary/aromatic N) is 1. The Morgan fingerprint density at radius 3 is 2.27 bits per heavy atom. The maximum atomic E-state index is 11.9. The molecule has 0 spiro atoms. The van der Waals surface area contributed by atoms with E-state index >= 15 is 0 Å². The van der Waals surface area contributed by atoms with Gasteiger partial charge in [-0.1, -0.05) is 38.1 Å². The van der Waals surface area contributed by atoms with Gasteiger partial charge in [-0.15, -0.1) is 0 Å². The molecule has 5 heteroatoms. The van der Waals surface area contributed by atoms with Crippen LogP contribution in [-0.4, -0.2) is 31.3 Å². The standard InChI is InChI=1S/C17H20N2O3/c1-11(2)12-3-5-13(6-4-12)14-15(17(21)16(14)20)18-19-7-9-22-10-8-19/h3-6,11,18H,7-10H2,1-2H3. The predicted molar refractivity (Wildman–Crippen MR) is 86.9 cm³/mol. The fourth-order valence-electron chi connectivity index (χ4n) is 2.64. The second-order valence-electron chi connectivity index (χ2n) is 5.90. The van der Waals surface area contributed by atoms with Crippen molar-refractivity contribution < 1.29 is 4.74 Å².